The Labute approximate surface area is 95.5 Å². The second kappa shape index (κ2) is 5.65. The van der Waals surface area contributed by atoms with E-state index in [0.717, 1.165) is 12.2 Å². The van der Waals surface area contributed by atoms with Crippen LogP contribution < -0.4 is 5.32 Å². The molecule has 0 aliphatic rings. The van der Waals surface area contributed by atoms with Gasteiger partial charge in [-0.15, -0.1) is 0 Å². The Morgan fingerprint density at radius 1 is 1.62 bits per heavy atom. The van der Waals surface area contributed by atoms with Crippen molar-refractivity contribution in [2.45, 2.75) is 39.3 Å². The molecule has 2 N–H and O–H groups in total. The van der Waals surface area contributed by atoms with Gasteiger partial charge in [0.25, 0.3) is 0 Å². The number of nitrogens with zero attached hydrogens (tertiary/aromatic N) is 2. The first kappa shape index (κ1) is 12.7. The van der Waals surface area contributed by atoms with Crippen LogP contribution in [-0.4, -0.2) is 27.2 Å². The summed E-state index contributed by atoms with van der Waals surface area (Å²) in [5, 5.41) is 12.0. The van der Waals surface area contributed by atoms with Crippen molar-refractivity contribution in [2.24, 2.45) is 0 Å². The van der Waals surface area contributed by atoms with E-state index in [2.05, 4.69) is 24.1 Å². The monoisotopic (exact) mass is 225 g/mol. The van der Waals surface area contributed by atoms with E-state index in [4.69, 9.17) is 5.11 Å². The van der Waals surface area contributed by atoms with Crippen molar-refractivity contribution in [3.05, 3.63) is 18.2 Å². The molecule has 5 nitrogen and oxygen atoms in total. The number of aliphatic carboxylic acids is 1. The molecule has 1 aromatic heterocycles. The second-order valence-corrected chi connectivity index (χ2v) is 4.03. The van der Waals surface area contributed by atoms with Crippen molar-refractivity contribution >= 4 is 5.97 Å². The highest BCUT2D eigenvalue weighted by atomic mass is 16.4. The van der Waals surface area contributed by atoms with Gasteiger partial charge < -0.3 is 15.0 Å². The van der Waals surface area contributed by atoms with E-state index >= 15 is 0 Å². The first-order valence-electron chi connectivity index (χ1n) is 5.53. The quantitative estimate of drug-likeness (QED) is 0.771. The van der Waals surface area contributed by atoms with Gasteiger partial charge in [-0.3, -0.25) is 4.79 Å². The van der Waals surface area contributed by atoms with Crippen LogP contribution in [0.3, 0.4) is 0 Å². The van der Waals surface area contributed by atoms with Crippen molar-refractivity contribution in [2.75, 3.05) is 6.54 Å². The molecule has 0 fully saturated rings. The first-order valence-corrected chi connectivity index (χ1v) is 5.53. The van der Waals surface area contributed by atoms with E-state index in [9.17, 15) is 4.79 Å². The molecule has 1 unspecified atom stereocenters. The fourth-order valence-corrected chi connectivity index (χ4v) is 1.72. The van der Waals surface area contributed by atoms with Gasteiger partial charge in [0.1, 0.15) is 0 Å². The van der Waals surface area contributed by atoms with Gasteiger partial charge >= 0.3 is 5.97 Å². The van der Waals surface area contributed by atoms with E-state index in [1.807, 2.05) is 11.5 Å². The summed E-state index contributed by atoms with van der Waals surface area (Å²) >= 11 is 0. The molecule has 5 heteroatoms. The van der Waals surface area contributed by atoms with E-state index in [0.29, 0.717) is 0 Å². The van der Waals surface area contributed by atoms with Gasteiger partial charge in [0.2, 0.25) is 0 Å². The van der Waals surface area contributed by atoms with Crippen LogP contribution in [0.15, 0.2) is 12.5 Å². The van der Waals surface area contributed by atoms with Crippen LogP contribution in [0.1, 0.15) is 45.0 Å². The molecule has 0 amide bonds. The standard InChI is InChI=1S/C11H19N3O2/c1-4-13-9(5-11(15)16)10-6-12-7-14(10)8(2)3/h6-9,13H,4-5H2,1-3H3,(H,15,16). The normalized spacial score (nSPS) is 13.0. The summed E-state index contributed by atoms with van der Waals surface area (Å²) in [7, 11) is 0. The molecule has 1 aromatic rings. The summed E-state index contributed by atoms with van der Waals surface area (Å²) in [6.07, 6.45) is 3.55. The Balaban J connectivity index is 2.91. The smallest absolute Gasteiger partial charge is 0.305 e. The van der Waals surface area contributed by atoms with Crippen LogP contribution in [0.4, 0.5) is 0 Å². The summed E-state index contributed by atoms with van der Waals surface area (Å²) < 4.78 is 2.00. The summed E-state index contributed by atoms with van der Waals surface area (Å²) in [6, 6.07) is 0.111. The lowest BCUT2D eigenvalue weighted by molar-refractivity contribution is -0.137. The third-order valence-electron chi connectivity index (χ3n) is 2.44. The summed E-state index contributed by atoms with van der Waals surface area (Å²) in [5.41, 5.74) is 0.930. The van der Waals surface area contributed by atoms with Crippen molar-refractivity contribution in [1.82, 2.24) is 14.9 Å². The van der Waals surface area contributed by atoms with Gasteiger partial charge in [-0.05, 0) is 20.4 Å². The maximum Gasteiger partial charge on any atom is 0.305 e. The average molecular weight is 225 g/mol. The van der Waals surface area contributed by atoms with Crippen LogP contribution >= 0.6 is 0 Å². The molecular formula is C11H19N3O2. The number of hydrogen-bond acceptors (Lipinski definition) is 3. The molecule has 0 spiro atoms. The van der Waals surface area contributed by atoms with Crippen molar-refractivity contribution in [3.63, 3.8) is 0 Å². The minimum Gasteiger partial charge on any atom is -0.481 e. The number of carbonyl (C=O) groups is 1. The lowest BCUT2D eigenvalue weighted by Crippen LogP contribution is -2.26. The van der Waals surface area contributed by atoms with Gasteiger partial charge in [-0.25, -0.2) is 4.98 Å². The van der Waals surface area contributed by atoms with E-state index in [1.165, 1.54) is 0 Å². The fraction of sp³-hybridized carbons (Fsp3) is 0.636. The molecule has 0 saturated carbocycles. The van der Waals surface area contributed by atoms with Gasteiger partial charge in [-0.2, -0.15) is 0 Å². The maximum atomic E-state index is 10.8. The molecule has 0 bridgehead atoms. The number of carboxylic acid groups (broad SMARTS) is 1. The molecule has 0 aromatic carbocycles. The Hall–Kier alpha value is -1.36. The first-order chi connectivity index (χ1) is 7.56. The molecule has 0 radical (unpaired) electrons. The summed E-state index contributed by atoms with van der Waals surface area (Å²) in [5.74, 6) is -0.803. The Bertz CT molecular complexity index is 347. The number of carboxylic acids is 1. The van der Waals surface area contributed by atoms with Gasteiger partial charge in [0.15, 0.2) is 0 Å². The third kappa shape index (κ3) is 3.06. The SMILES string of the molecule is CCNC(CC(=O)O)c1cncn1C(C)C. The molecule has 0 saturated heterocycles. The van der Waals surface area contributed by atoms with E-state index in [1.54, 1.807) is 12.5 Å². The average Bonchev–Trinajstić information content (AvgIpc) is 2.64. The predicted octanol–water partition coefficient (Wildman–Crippen LogP) is 1.59. The number of rotatable bonds is 6. The minimum atomic E-state index is -0.803. The van der Waals surface area contributed by atoms with E-state index in [-0.39, 0.29) is 18.5 Å². The molecule has 0 aliphatic heterocycles. The molecule has 1 rings (SSSR count). The zero-order valence-corrected chi connectivity index (χ0v) is 9.97. The van der Waals surface area contributed by atoms with Gasteiger partial charge in [-0.1, -0.05) is 6.92 Å². The van der Waals surface area contributed by atoms with E-state index < -0.39 is 5.97 Å². The van der Waals surface area contributed by atoms with Gasteiger partial charge in [0, 0.05) is 12.2 Å². The fourth-order valence-electron chi connectivity index (χ4n) is 1.72. The highest BCUT2D eigenvalue weighted by molar-refractivity contribution is 5.67. The number of hydrogen-bond donors (Lipinski definition) is 2. The predicted molar refractivity (Wildman–Crippen MR) is 61.3 cm³/mol. The zero-order chi connectivity index (χ0) is 12.1. The number of aromatic nitrogens is 2. The zero-order valence-electron chi connectivity index (χ0n) is 9.97. The molecule has 1 atom stereocenters. The van der Waals surface area contributed by atoms with Crippen molar-refractivity contribution in [1.29, 1.82) is 0 Å². The highest BCUT2D eigenvalue weighted by Crippen LogP contribution is 2.19. The minimum absolute atomic E-state index is 0.0756. The molecule has 0 aliphatic carbocycles. The summed E-state index contributed by atoms with van der Waals surface area (Å²) in [6.45, 7) is 6.80. The molecule has 1 heterocycles. The molecule has 90 valence electrons. The van der Waals surface area contributed by atoms with Crippen molar-refractivity contribution < 1.29 is 9.90 Å². The number of imidazole rings is 1. The lowest BCUT2D eigenvalue weighted by atomic mass is 10.1. The van der Waals surface area contributed by atoms with Crippen LogP contribution in [-0.2, 0) is 4.79 Å². The summed E-state index contributed by atoms with van der Waals surface area (Å²) in [4.78, 5) is 14.9. The Morgan fingerprint density at radius 3 is 2.81 bits per heavy atom. The van der Waals surface area contributed by atoms with Crippen LogP contribution in [0, 0.1) is 0 Å². The number of nitrogens with one attached hydrogen (secondary N) is 1. The van der Waals surface area contributed by atoms with Crippen LogP contribution in [0.5, 0.6) is 0 Å². The molecular weight excluding hydrogens is 206 g/mol. The van der Waals surface area contributed by atoms with Crippen LogP contribution in [0.2, 0.25) is 0 Å². The van der Waals surface area contributed by atoms with Gasteiger partial charge in [0.05, 0.1) is 24.5 Å². The second-order valence-electron chi connectivity index (χ2n) is 4.03. The largest absolute Gasteiger partial charge is 0.481 e. The topological polar surface area (TPSA) is 67.2 Å². The van der Waals surface area contributed by atoms with Crippen molar-refractivity contribution in [3.8, 4) is 0 Å². The Kier molecular flexibility index (Phi) is 4.49. The molecule has 16 heavy (non-hydrogen) atoms. The highest BCUT2D eigenvalue weighted by Gasteiger charge is 2.19. The van der Waals surface area contributed by atoms with Crippen LogP contribution in [0.25, 0.3) is 0 Å². The lowest BCUT2D eigenvalue weighted by Gasteiger charge is -2.20. The third-order valence-corrected chi connectivity index (χ3v) is 2.44. The maximum absolute atomic E-state index is 10.8. The Morgan fingerprint density at radius 2 is 2.31 bits per heavy atom.